The Kier molecular flexibility index (Phi) is 5.31. The standard InChI is InChI=1S/C9H19N3O4S/c1-17(14,15)12-5-3-11(4-6-12)9(13)8-16-7-2-10/h2-8,10H2,1H3. The topological polar surface area (TPSA) is 92.9 Å². The molecule has 1 aliphatic rings. The van der Waals surface area contributed by atoms with E-state index in [2.05, 4.69) is 0 Å². The SMILES string of the molecule is CS(=O)(=O)N1CCN(C(=O)COCCN)CC1. The van der Waals surface area contributed by atoms with E-state index >= 15 is 0 Å². The summed E-state index contributed by atoms with van der Waals surface area (Å²) in [4.78, 5) is 13.2. The van der Waals surface area contributed by atoms with Gasteiger partial charge in [-0.1, -0.05) is 0 Å². The second kappa shape index (κ2) is 6.29. The summed E-state index contributed by atoms with van der Waals surface area (Å²) in [5.74, 6) is -0.119. The number of piperazine rings is 1. The van der Waals surface area contributed by atoms with Crippen molar-refractivity contribution in [3.8, 4) is 0 Å². The highest BCUT2D eigenvalue weighted by atomic mass is 32.2. The van der Waals surface area contributed by atoms with Crippen molar-refractivity contribution in [2.45, 2.75) is 0 Å². The van der Waals surface area contributed by atoms with Crippen LogP contribution in [0.5, 0.6) is 0 Å². The fraction of sp³-hybridized carbons (Fsp3) is 0.889. The fourth-order valence-electron chi connectivity index (χ4n) is 1.60. The molecule has 0 bridgehead atoms. The van der Waals surface area contributed by atoms with Crippen LogP contribution in [0.4, 0.5) is 0 Å². The molecule has 1 amide bonds. The van der Waals surface area contributed by atoms with Gasteiger partial charge in [-0.3, -0.25) is 4.79 Å². The van der Waals surface area contributed by atoms with Gasteiger partial charge in [-0.05, 0) is 0 Å². The predicted octanol–water partition coefficient (Wildman–Crippen LogP) is -1.93. The van der Waals surface area contributed by atoms with Crippen LogP contribution in [0.15, 0.2) is 0 Å². The highest BCUT2D eigenvalue weighted by molar-refractivity contribution is 7.88. The molecule has 0 aromatic rings. The Labute approximate surface area is 102 Å². The van der Waals surface area contributed by atoms with Gasteiger partial charge in [-0.2, -0.15) is 4.31 Å². The van der Waals surface area contributed by atoms with E-state index in [1.807, 2.05) is 0 Å². The first kappa shape index (κ1) is 14.4. The van der Waals surface area contributed by atoms with Crippen molar-refractivity contribution >= 4 is 15.9 Å². The van der Waals surface area contributed by atoms with Gasteiger partial charge in [0, 0.05) is 32.7 Å². The molecule has 0 unspecified atom stereocenters. The molecule has 8 heteroatoms. The maximum absolute atomic E-state index is 11.6. The van der Waals surface area contributed by atoms with Crippen LogP contribution in [0, 0.1) is 0 Å². The highest BCUT2D eigenvalue weighted by Gasteiger charge is 2.25. The summed E-state index contributed by atoms with van der Waals surface area (Å²) in [7, 11) is -3.15. The molecule has 0 aliphatic carbocycles. The van der Waals surface area contributed by atoms with Gasteiger partial charge >= 0.3 is 0 Å². The minimum absolute atomic E-state index is 0.01000. The number of carbonyl (C=O) groups is 1. The van der Waals surface area contributed by atoms with E-state index < -0.39 is 10.0 Å². The van der Waals surface area contributed by atoms with Gasteiger partial charge in [0.2, 0.25) is 15.9 Å². The summed E-state index contributed by atoms with van der Waals surface area (Å²) < 4.78 is 28.9. The molecule has 7 nitrogen and oxygen atoms in total. The van der Waals surface area contributed by atoms with Crippen molar-refractivity contribution in [2.24, 2.45) is 5.73 Å². The van der Waals surface area contributed by atoms with E-state index in [1.54, 1.807) is 4.90 Å². The zero-order chi connectivity index (χ0) is 12.9. The summed E-state index contributed by atoms with van der Waals surface area (Å²) >= 11 is 0. The molecule has 0 spiro atoms. The van der Waals surface area contributed by atoms with Gasteiger partial charge in [-0.25, -0.2) is 8.42 Å². The maximum Gasteiger partial charge on any atom is 0.248 e. The van der Waals surface area contributed by atoms with Crippen molar-refractivity contribution in [2.75, 3.05) is 52.2 Å². The lowest BCUT2D eigenvalue weighted by atomic mass is 10.3. The monoisotopic (exact) mass is 265 g/mol. The summed E-state index contributed by atoms with van der Waals surface area (Å²) in [6.45, 7) is 2.28. The van der Waals surface area contributed by atoms with E-state index in [4.69, 9.17) is 10.5 Å². The lowest BCUT2D eigenvalue weighted by Gasteiger charge is -2.33. The van der Waals surface area contributed by atoms with Crippen LogP contribution in [-0.4, -0.2) is 75.7 Å². The normalized spacial score (nSPS) is 18.4. The lowest BCUT2D eigenvalue weighted by molar-refractivity contribution is -0.137. The van der Waals surface area contributed by atoms with Gasteiger partial charge in [0.1, 0.15) is 6.61 Å². The van der Waals surface area contributed by atoms with E-state index in [0.29, 0.717) is 39.3 Å². The van der Waals surface area contributed by atoms with Gasteiger partial charge in [0.25, 0.3) is 0 Å². The van der Waals surface area contributed by atoms with Crippen LogP contribution >= 0.6 is 0 Å². The first-order valence-corrected chi connectivity index (χ1v) is 7.30. The third kappa shape index (κ3) is 4.58. The Hall–Kier alpha value is -0.700. The molecule has 0 aromatic heterocycles. The Morgan fingerprint density at radius 1 is 1.29 bits per heavy atom. The number of nitrogens with two attached hydrogens (primary N) is 1. The van der Waals surface area contributed by atoms with Crippen LogP contribution in [0.1, 0.15) is 0 Å². The molecule has 2 N–H and O–H groups in total. The van der Waals surface area contributed by atoms with Crippen molar-refractivity contribution < 1.29 is 17.9 Å². The second-order valence-corrected chi connectivity index (χ2v) is 5.87. The second-order valence-electron chi connectivity index (χ2n) is 3.88. The van der Waals surface area contributed by atoms with Crippen LogP contribution in [0.25, 0.3) is 0 Å². The zero-order valence-electron chi connectivity index (χ0n) is 9.96. The molecule has 1 saturated heterocycles. The van der Waals surface area contributed by atoms with Crippen molar-refractivity contribution in [1.29, 1.82) is 0 Å². The summed E-state index contributed by atoms with van der Waals surface area (Å²) in [5, 5.41) is 0. The number of sulfonamides is 1. The fourth-order valence-corrected chi connectivity index (χ4v) is 2.43. The number of nitrogens with zero attached hydrogens (tertiary/aromatic N) is 2. The molecule has 1 rings (SSSR count). The average molecular weight is 265 g/mol. The third-order valence-electron chi connectivity index (χ3n) is 2.55. The van der Waals surface area contributed by atoms with E-state index in [0.717, 1.165) is 0 Å². The molecule has 0 atom stereocenters. The molecular formula is C9H19N3O4S. The summed E-state index contributed by atoms with van der Waals surface area (Å²) in [5.41, 5.74) is 5.24. The molecular weight excluding hydrogens is 246 g/mol. The van der Waals surface area contributed by atoms with Crippen LogP contribution < -0.4 is 5.73 Å². The van der Waals surface area contributed by atoms with E-state index in [9.17, 15) is 13.2 Å². The zero-order valence-corrected chi connectivity index (χ0v) is 10.8. The molecule has 0 saturated carbocycles. The number of amides is 1. The summed E-state index contributed by atoms with van der Waals surface area (Å²) in [6.07, 6.45) is 1.18. The van der Waals surface area contributed by atoms with Crippen molar-refractivity contribution in [3.05, 3.63) is 0 Å². The van der Waals surface area contributed by atoms with Crippen molar-refractivity contribution in [1.82, 2.24) is 9.21 Å². The number of carbonyl (C=O) groups excluding carboxylic acids is 1. The third-order valence-corrected chi connectivity index (χ3v) is 3.85. The first-order valence-electron chi connectivity index (χ1n) is 5.46. The van der Waals surface area contributed by atoms with Crippen LogP contribution in [0.3, 0.4) is 0 Å². The summed E-state index contributed by atoms with van der Waals surface area (Å²) in [6, 6.07) is 0. The molecule has 17 heavy (non-hydrogen) atoms. The maximum atomic E-state index is 11.6. The van der Waals surface area contributed by atoms with Crippen molar-refractivity contribution in [3.63, 3.8) is 0 Å². The minimum Gasteiger partial charge on any atom is -0.370 e. The quantitative estimate of drug-likeness (QED) is 0.584. The smallest absolute Gasteiger partial charge is 0.248 e. The van der Waals surface area contributed by atoms with Gasteiger partial charge < -0.3 is 15.4 Å². The Balaban J connectivity index is 2.34. The molecule has 1 heterocycles. The molecule has 0 aromatic carbocycles. The lowest BCUT2D eigenvalue weighted by Crippen LogP contribution is -2.51. The first-order chi connectivity index (χ1) is 7.95. The molecule has 1 fully saturated rings. The number of rotatable bonds is 5. The van der Waals surface area contributed by atoms with E-state index in [-0.39, 0.29) is 12.5 Å². The molecule has 100 valence electrons. The largest absolute Gasteiger partial charge is 0.370 e. The van der Waals surface area contributed by atoms with Gasteiger partial charge in [-0.15, -0.1) is 0 Å². The Morgan fingerprint density at radius 3 is 2.35 bits per heavy atom. The molecule has 0 radical (unpaired) electrons. The number of hydrogen-bond donors (Lipinski definition) is 1. The number of ether oxygens (including phenoxy) is 1. The average Bonchev–Trinajstić information content (AvgIpc) is 2.28. The Morgan fingerprint density at radius 2 is 1.88 bits per heavy atom. The van der Waals surface area contributed by atoms with E-state index in [1.165, 1.54) is 10.6 Å². The van der Waals surface area contributed by atoms with Gasteiger partial charge in [0.15, 0.2) is 0 Å². The number of hydrogen-bond acceptors (Lipinski definition) is 5. The van der Waals surface area contributed by atoms with Crippen LogP contribution in [-0.2, 0) is 19.6 Å². The highest BCUT2D eigenvalue weighted by Crippen LogP contribution is 2.06. The minimum atomic E-state index is -3.15. The van der Waals surface area contributed by atoms with Gasteiger partial charge in [0.05, 0.1) is 12.9 Å². The Bertz CT molecular complexity index is 349. The molecule has 1 aliphatic heterocycles. The van der Waals surface area contributed by atoms with Crippen LogP contribution in [0.2, 0.25) is 0 Å². The predicted molar refractivity (Wildman–Crippen MR) is 62.9 cm³/mol.